The first-order valence-electron chi connectivity index (χ1n) is 7.00. The summed E-state index contributed by atoms with van der Waals surface area (Å²) in [7, 11) is 0. The first-order valence-corrected chi connectivity index (χ1v) is 7.00. The van der Waals surface area contributed by atoms with E-state index in [0.717, 1.165) is 12.1 Å². The molecule has 2 atom stereocenters. The molecule has 0 aromatic heterocycles. The van der Waals surface area contributed by atoms with Crippen LogP contribution in [0.1, 0.15) is 37.7 Å². The molecule has 1 aliphatic heterocycles. The molecule has 0 saturated carbocycles. The highest BCUT2D eigenvalue weighted by atomic mass is 16.2. The van der Waals surface area contributed by atoms with Crippen LogP contribution < -0.4 is 16.4 Å². The molecule has 4 N–H and O–H groups in total. The molecule has 1 fully saturated rings. The lowest BCUT2D eigenvalue weighted by Crippen LogP contribution is -2.47. The number of amides is 2. The Morgan fingerprint density at radius 3 is 2.65 bits per heavy atom. The molecule has 5 heteroatoms. The smallest absolute Gasteiger partial charge is 0.249 e. The number of hydrogen-bond donors (Lipinski definition) is 3. The van der Waals surface area contributed by atoms with Crippen molar-refractivity contribution in [2.75, 3.05) is 11.9 Å². The fourth-order valence-electron chi connectivity index (χ4n) is 2.36. The molecule has 1 aliphatic rings. The first kappa shape index (κ1) is 14.5. The molecule has 1 saturated heterocycles. The molecule has 5 nitrogen and oxygen atoms in total. The fraction of sp³-hybridized carbons (Fsp3) is 0.467. The van der Waals surface area contributed by atoms with Crippen molar-refractivity contribution in [3.05, 3.63) is 29.8 Å². The molecule has 0 bridgehead atoms. The molecule has 1 aromatic carbocycles. The topological polar surface area (TPSA) is 84.2 Å². The number of carbonyl (C=O) groups is 2. The second-order valence-corrected chi connectivity index (χ2v) is 5.25. The average molecular weight is 275 g/mol. The van der Waals surface area contributed by atoms with Crippen molar-refractivity contribution in [3.63, 3.8) is 0 Å². The average Bonchev–Trinajstić information content (AvgIpc) is 2.43. The third-order valence-electron chi connectivity index (χ3n) is 3.66. The van der Waals surface area contributed by atoms with Gasteiger partial charge in [-0.15, -0.1) is 0 Å². The Morgan fingerprint density at radius 1 is 1.35 bits per heavy atom. The lowest BCUT2D eigenvalue weighted by atomic mass is 9.97. The largest absolute Gasteiger partial charge is 0.374 e. The van der Waals surface area contributed by atoms with Gasteiger partial charge in [0.25, 0.3) is 0 Å². The van der Waals surface area contributed by atoms with Gasteiger partial charge < -0.3 is 11.1 Å². The Hall–Kier alpha value is -1.88. The lowest BCUT2D eigenvalue weighted by Gasteiger charge is -2.23. The van der Waals surface area contributed by atoms with Crippen molar-refractivity contribution in [2.24, 2.45) is 5.73 Å². The van der Waals surface area contributed by atoms with Gasteiger partial charge in [-0.2, -0.15) is 0 Å². The molecule has 1 aromatic rings. The molecular formula is C15H21N3O2. The zero-order valence-electron chi connectivity index (χ0n) is 11.7. The van der Waals surface area contributed by atoms with E-state index in [4.69, 9.17) is 5.73 Å². The van der Waals surface area contributed by atoms with Crippen LogP contribution in [0.4, 0.5) is 5.69 Å². The van der Waals surface area contributed by atoms with Gasteiger partial charge in [0, 0.05) is 12.1 Å². The van der Waals surface area contributed by atoms with Crippen LogP contribution in [0.5, 0.6) is 0 Å². The van der Waals surface area contributed by atoms with Gasteiger partial charge in [-0.1, -0.05) is 19.1 Å². The number of piperidine rings is 1. The van der Waals surface area contributed by atoms with E-state index in [1.54, 1.807) is 0 Å². The normalized spacial score (nSPS) is 20.4. The summed E-state index contributed by atoms with van der Waals surface area (Å²) >= 11 is 0. The predicted octanol–water partition coefficient (Wildman–Crippen LogP) is 1.36. The molecule has 2 amide bonds. The minimum Gasteiger partial charge on any atom is -0.374 e. The first-order chi connectivity index (χ1) is 9.60. The number of rotatable bonds is 5. The van der Waals surface area contributed by atoms with E-state index in [9.17, 15) is 9.59 Å². The van der Waals surface area contributed by atoms with Crippen LogP contribution in [-0.2, 0) is 9.59 Å². The van der Waals surface area contributed by atoms with E-state index in [2.05, 4.69) is 29.7 Å². The van der Waals surface area contributed by atoms with Crippen LogP contribution in [-0.4, -0.2) is 24.4 Å². The van der Waals surface area contributed by atoms with E-state index in [-0.39, 0.29) is 17.9 Å². The number of benzene rings is 1. The van der Waals surface area contributed by atoms with E-state index in [1.807, 2.05) is 12.1 Å². The quantitative estimate of drug-likeness (QED) is 0.708. The molecule has 108 valence electrons. The maximum atomic E-state index is 11.7. The number of nitrogens with two attached hydrogens (primary N) is 1. The monoisotopic (exact) mass is 275 g/mol. The van der Waals surface area contributed by atoms with Crippen molar-refractivity contribution >= 4 is 17.5 Å². The minimum atomic E-state index is -0.333. The van der Waals surface area contributed by atoms with Crippen molar-refractivity contribution < 1.29 is 9.59 Å². The van der Waals surface area contributed by atoms with Crippen molar-refractivity contribution in [2.45, 2.75) is 38.1 Å². The Balaban J connectivity index is 1.97. The Kier molecular flexibility index (Phi) is 4.74. The van der Waals surface area contributed by atoms with E-state index < -0.39 is 0 Å². The predicted molar refractivity (Wildman–Crippen MR) is 78.3 cm³/mol. The van der Waals surface area contributed by atoms with Gasteiger partial charge in [-0.25, -0.2) is 0 Å². The van der Waals surface area contributed by atoms with Crippen molar-refractivity contribution in [1.82, 2.24) is 5.32 Å². The number of carbonyl (C=O) groups excluding carboxylic acids is 2. The SMILES string of the molecule is CC(CCN)c1ccc(NC2CCC(=O)NC2=O)cc1. The van der Waals surface area contributed by atoms with Gasteiger partial charge in [0.2, 0.25) is 11.8 Å². The third kappa shape index (κ3) is 3.57. The highest BCUT2D eigenvalue weighted by molar-refractivity contribution is 6.01. The van der Waals surface area contributed by atoms with E-state index in [0.29, 0.717) is 25.3 Å². The number of anilines is 1. The summed E-state index contributed by atoms with van der Waals surface area (Å²) in [5.74, 6) is -0.00881. The van der Waals surface area contributed by atoms with Crippen LogP contribution >= 0.6 is 0 Å². The van der Waals surface area contributed by atoms with Gasteiger partial charge in [0.15, 0.2) is 0 Å². The number of imide groups is 1. The summed E-state index contributed by atoms with van der Waals surface area (Å²) in [5, 5.41) is 5.50. The molecular weight excluding hydrogens is 254 g/mol. The standard InChI is InChI=1S/C15H21N3O2/c1-10(8-9-16)11-2-4-12(5-3-11)17-13-6-7-14(19)18-15(13)20/h2-5,10,13,17H,6-9,16H2,1H3,(H,18,19,20). The Bertz CT molecular complexity index is 484. The molecule has 2 rings (SSSR count). The molecule has 2 unspecified atom stereocenters. The van der Waals surface area contributed by atoms with Gasteiger partial charge in [0.1, 0.15) is 6.04 Å². The molecule has 0 aliphatic carbocycles. The van der Waals surface area contributed by atoms with Crippen LogP contribution in [0.3, 0.4) is 0 Å². The van der Waals surface area contributed by atoms with Crippen LogP contribution in [0.15, 0.2) is 24.3 Å². The summed E-state index contributed by atoms with van der Waals surface area (Å²) in [6, 6.07) is 7.70. The van der Waals surface area contributed by atoms with Crippen LogP contribution in [0.25, 0.3) is 0 Å². The Labute approximate surface area is 118 Å². The van der Waals surface area contributed by atoms with Crippen molar-refractivity contribution in [3.8, 4) is 0 Å². The van der Waals surface area contributed by atoms with Gasteiger partial charge in [-0.3, -0.25) is 14.9 Å². The van der Waals surface area contributed by atoms with Gasteiger partial charge >= 0.3 is 0 Å². The second-order valence-electron chi connectivity index (χ2n) is 5.25. The van der Waals surface area contributed by atoms with Crippen LogP contribution in [0, 0.1) is 0 Å². The van der Waals surface area contributed by atoms with E-state index in [1.165, 1.54) is 5.56 Å². The molecule has 0 spiro atoms. The van der Waals surface area contributed by atoms with Gasteiger partial charge in [0.05, 0.1) is 0 Å². The zero-order valence-corrected chi connectivity index (χ0v) is 11.7. The van der Waals surface area contributed by atoms with Crippen molar-refractivity contribution in [1.29, 1.82) is 0 Å². The molecule has 20 heavy (non-hydrogen) atoms. The highest BCUT2D eigenvalue weighted by Gasteiger charge is 2.26. The third-order valence-corrected chi connectivity index (χ3v) is 3.66. The Morgan fingerprint density at radius 2 is 2.05 bits per heavy atom. The summed E-state index contributed by atoms with van der Waals surface area (Å²) in [6.07, 6.45) is 1.88. The number of nitrogens with one attached hydrogen (secondary N) is 2. The summed E-state index contributed by atoms with van der Waals surface area (Å²) < 4.78 is 0. The maximum Gasteiger partial charge on any atom is 0.249 e. The van der Waals surface area contributed by atoms with Crippen LogP contribution in [0.2, 0.25) is 0 Å². The number of hydrogen-bond acceptors (Lipinski definition) is 4. The van der Waals surface area contributed by atoms with Gasteiger partial charge in [-0.05, 0) is 43.0 Å². The minimum absolute atomic E-state index is 0.195. The molecule has 0 radical (unpaired) electrons. The lowest BCUT2D eigenvalue weighted by molar-refractivity contribution is -0.133. The molecule has 1 heterocycles. The fourth-order valence-corrected chi connectivity index (χ4v) is 2.36. The highest BCUT2D eigenvalue weighted by Crippen LogP contribution is 2.21. The zero-order chi connectivity index (χ0) is 14.5. The maximum absolute atomic E-state index is 11.7. The summed E-state index contributed by atoms with van der Waals surface area (Å²) in [6.45, 7) is 2.83. The van der Waals surface area contributed by atoms with E-state index >= 15 is 0 Å². The summed E-state index contributed by atoms with van der Waals surface area (Å²) in [5.41, 5.74) is 7.69. The second kappa shape index (κ2) is 6.52. The summed E-state index contributed by atoms with van der Waals surface area (Å²) in [4.78, 5) is 22.7.